The van der Waals surface area contributed by atoms with E-state index in [0.29, 0.717) is 8.68 Å². The Morgan fingerprint density at radius 3 is 1.73 bits per heavy atom. The number of aliphatic hydroxyl groups is 4. The highest BCUT2D eigenvalue weighted by molar-refractivity contribution is 7.51. The number of fused-ring (bicyclic) bond motifs is 2. The smallest absolute Gasteiger partial charge is 0.387 e. The number of nitrogens with two attached hydrogens (primary N) is 3. The number of aromatic nitrogens is 10. The summed E-state index contributed by atoms with van der Waals surface area (Å²) < 4.78 is 51.0. The van der Waals surface area contributed by atoms with Gasteiger partial charge in [0.2, 0.25) is 11.9 Å². The van der Waals surface area contributed by atoms with Gasteiger partial charge in [-0.1, -0.05) is 0 Å². The number of ether oxygens (including phenoxy) is 2. The van der Waals surface area contributed by atoms with E-state index in [2.05, 4.69) is 29.9 Å². The normalized spacial score (nSPS) is 28.8. The molecule has 29 heteroatoms. The quantitative estimate of drug-likeness (QED) is 0.0591. The molecule has 2 saturated heterocycles. The molecule has 2 aliphatic rings. The molecule has 280 valence electrons. The number of aliphatic hydroxyl groups excluding tert-OH is 4. The minimum absolute atomic E-state index is 0.0789. The lowest BCUT2D eigenvalue weighted by atomic mass is 10.1. The van der Waals surface area contributed by atoms with Crippen molar-refractivity contribution in [2.24, 2.45) is 0 Å². The Morgan fingerprint density at radius 2 is 1.25 bits per heavy atom. The van der Waals surface area contributed by atoms with Crippen LogP contribution in [0.4, 0.5) is 17.8 Å². The summed E-state index contributed by atoms with van der Waals surface area (Å²) >= 11 is 0. The van der Waals surface area contributed by atoms with Gasteiger partial charge in [0.05, 0.1) is 25.9 Å². The first-order valence-electron chi connectivity index (χ1n) is 14.8. The summed E-state index contributed by atoms with van der Waals surface area (Å²) in [5.41, 5.74) is 15.3. The number of aromatic amines is 2. The van der Waals surface area contributed by atoms with Crippen LogP contribution in [0.2, 0.25) is 0 Å². The number of nitrogens with one attached hydrogen (secondary N) is 2. The molecule has 0 saturated carbocycles. The van der Waals surface area contributed by atoms with E-state index in [1.165, 1.54) is 0 Å². The molecular formula is C23H30N13O14P2+. The molecule has 0 bridgehead atoms. The van der Waals surface area contributed by atoms with E-state index in [9.17, 15) is 48.9 Å². The van der Waals surface area contributed by atoms with Gasteiger partial charge in [0.25, 0.3) is 11.1 Å². The molecule has 52 heavy (non-hydrogen) atoms. The molecule has 0 amide bonds. The van der Waals surface area contributed by atoms with E-state index < -0.39 is 94.9 Å². The van der Waals surface area contributed by atoms with E-state index in [1.807, 2.05) is 0 Å². The number of hydrogen-bond acceptors (Lipinski definition) is 19. The van der Waals surface area contributed by atoms with Gasteiger partial charge in [0.15, 0.2) is 34.8 Å². The Labute approximate surface area is 286 Å². The Bertz CT molecular complexity index is 2230. The fourth-order valence-electron chi connectivity index (χ4n) is 5.73. The Morgan fingerprint density at radius 1 is 0.788 bits per heavy atom. The van der Waals surface area contributed by atoms with E-state index in [0.717, 1.165) is 34.2 Å². The van der Waals surface area contributed by atoms with Crippen LogP contribution in [0, 0.1) is 0 Å². The van der Waals surface area contributed by atoms with Crippen molar-refractivity contribution in [3.63, 3.8) is 0 Å². The average Bonchev–Trinajstić information content (AvgIpc) is 3.89. The summed E-state index contributed by atoms with van der Waals surface area (Å²) in [5, 5.41) is 42.5. The molecule has 27 nitrogen and oxygen atoms in total. The first-order chi connectivity index (χ1) is 24.5. The summed E-state index contributed by atoms with van der Waals surface area (Å²) in [4.78, 5) is 65.9. The van der Waals surface area contributed by atoms with Crippen molar-refractivity contribution < 1.29 is 62.2 Å². The van der Waals surface area contributed by atoms with Gasteiger partial charge in [0.1, 0.15) is 49.0 Å². The van der Waals surface area contributed by atoms with E-state index in [1.54, 1.807) is 0 Å². The van der Waals surface area contributed by atoms with Gasteiger partial charge >= 0.3 is 21.4 Å². The fraction of sp³-hybridized carbons (Fsp3) is 0.435. The zero-order valence-corrected chi connectivity index (χ0v) is 27.8. The molecule has 14 N–H and O–H groups in total. The minimum Gasteiger partial charge on any atom is -0.387 e. The molecule has 5 aromatic rings. The van der Waals surface area contributed by atoms with Crippen molar-refractivity contribution in [1.82, 2.24) is 43.4 Å². The number of imidazole rings is 3. The van der Waals surface area contributed by atoms with Crippen LogP contribution in [-0.2, 0) is 27.7 Å². The van der Waals surface area contributed by atoms with Crippen molar-refractivity contribution in [2.75, 3.05) is 30.4 Å². The third-order valence-corrected chi connectivity index (χ3v) is 11.0. The van der Waals surface area contributed by atoms with Gasteiger partial charge in [-0.25, -0.2) is 19.1 Å². The van der Waals surface area contributed by atoms with Gasteiger partial charge in [-0.05, 0) is 0 Å². The predicted octanol–water partition coefficient (Wildman–Crippen LogP) is -5.04. The molecule has 7 rings (SSSR count). The van der Waals surface area contributed by atoms with Crippen molar-refractivity contribution in [2.45, 2.75) is 49.1 Å². The molecule has 0 aromatic carbocycles. The van der Waals surface area contributed by atoms with Crippen LogP contribution in [0.3, 0.4) is 0 Å². The van der Waals surface area contributed by atoms with Crippen LogP contribution in [-0.4, -0.2) is 123 Å². The van der Waals surface area contributed by atoms with Crippen LogP contribution < -0.4 is 32.7 Å². The molecule has 2 unspecified atom stereocenters. The van der Waals surface area contributed by atoms with Gasteiger partial charge in [-0.3, -0.25) is 53.3 Å². The van der Waals surface area contributed by atoms with Crippen LogP contribution in [0.25, 0.3) is 22.3 Å². The van der Waals surface area contributed by atoms with Gasteiger partial charge in [0, 0.05) is 0 Å². The van der Waals surface area contributed by atoms with Gasteiger partial charge in [-0.15, -0.1) is 8.68 Å². The Hall–Kier alpha value is -4.63. The lowest BCUT2D eigenvalue weighted by molar-refractivity contribution is -0.523. The third-order valence-electron chi connectivity index (χ3n) is 8.30. The average molecular weight is 775 g/mol. The molecule has 0 spiro atoms. The van der Waals surface area contributed by atoms with E-state index in [-0.39, 0.29) is 34.2 Å². The van der Waals surface area contributed by atoms with Crippen molar-refractivity contribution in [3.05, 3.63) is 45.8 Å². The molecule has 0 aliphatic carbocycles. The SMILES string of the molecule is Nc1nc2c(ncn2[C@@H]2O[C@H](COP(=O)(O)n3cc[n+](P(=O)(O)OC[C@H]4O[C@@H](n5cnc6c(=O)[nH]c(N)nc65)[C@H](O)[C@@H]4O)c3N)[C@@H](O)[C@H]2O)c(=O)[nH]1. The highest BCUT2D eigenvalue weighted by atomic mass is 31.2. The van der Waals surface area contributed by atoms with E-state index in [4.69, 9.17) is 35.7 Å². The zero-order valence-electron chi connectivity index (χ0n) is 26.0. The maximum Gasteiger partial charge on any atom is 0.498 e. The van der Waals surface area contributed by atoms with Crippen LogP contribution in [0.15, 0.2) is 34.6 Å². The lowest BCUT2D eigenvalue weighted by Crippen LogP contribution is -2.37. The molecule has 7 heterocycles. The van der Waals surface area contributed by atoms with Crippen LogP contribution in [0.1, 0.15) is 12.5 Å². The molecular weight excluding hydrogens is 744 g/mol. The molecule has 5 aromatic heterocycles. The summed E-state index contributed by atoms with van der Waals surface area (Å²) in [6, 6.07) is 0. The number of anilines is 3. The maximum atomic E-state index is 13.2. The van der Waals surface area contributed by atoms with Crippen molar-refractivity contribution >= 4 is 55.7 Å². The standard InChI is InChI=1S/C23H29N13O14P2/c24-21-29-15-9(17(41)31-21)27-5-33(15)19-13(39)11(37)7(49-19)3-47-51(43,44)35-1-2-36(23(35)26)52(45,46)48-4-8-12(38)14(40)20(50-8)34-6-28-10-16(34)30-22(25)32-18(10)42/h1-2,5-8,11-14,19-20,26,37-40H,3-4H2,(H8,24,25,29,30,31,32,41,42,43,44,45,46)/p+1/t7-,8-,11-,12-,13-,14-,19-,20-/m1/s1. The van der Waals surface area contributed by atoms with E-state index >= 15 is 0 Å². The van der Waals surface area contributed by atoms with Gasteiger partial charge < -0.3 is 41.4 Å². The first-order valence-corrected chi connectivity index (χ1v) is 17.9. The highest BCUT2D eigenvalue weighted by Gasteiger charge is 2.48. The number of nitrogen functional groups attached to an aromatic ring is 3. The zero-order chi connectivity index (χ0) is 37.4. The van der Waals surface area contributed by atoms with Crippen molar-refractivity contribution in [3.8, 4) is 0 Å². The number of rotatable bonds is 10. The van der Waals surface area contributed by atoms with Crippen LogP contribution >= 0.6 is 15.5 Å². The Balaban J connectivity index is 1.01. The summed E-state index contributed by atoms with van der Waals surface area (Å²) in [6.45, 7) is -1.64. The number of nitrogens with zero attached hydrogens (tertiary/aromatic N) is 8. The summed E-state index contributed by atoms with van der Waals surface area (Å²) in [7, 11) is -10.0. The van der Waals surface area contributed by atoms with Gasteiger partial charge in [-0.2, -0.15) is 9.97 Å². The highest BCUT2D eigenvalue weighted by Crippen LogP contribution is 2.48. The number of H-pyrrole nitrogens is 2. The maximum absolute atomic E-state index is 13.2. The minimum atomic E-state index is -5.01. The third kappa shape index (κ3) is 5.96. The first kappa shape index (κ1) is 35.8. The predicted molar refractivity (Wildman–Crippen MR) is 168 cm³/mol. The number of hydrogen-bond donors (Lipinski definition) is 11. The fourth-order valence-corrected chi connectivity index (χ4v) is 7.90. The molecule has 10 atom stereocenters. The molecule has 2 aliphatic heterocycles. The van der Waals surface area contributed by atoms with Crippen LogP contribution in [0.5, 0.6) is 0 Å². The second-order valence-corrected chi connectivity index (χ2v) is 14.9. The second kappa shape index (κ2) is 12.8. The summed E-state index contributed by atoms with van der Waals surface area (Å²) in [5.74, 6) is -1.33. The largest absolute Gasteiger partial charge is 0.498 e. The lowest BCUT2D eigenvalue weighted by Gasteiger charge is -2.18. The second-order valence-electron chi connectivity index (χ2n) is 11.6. The van der Waals surface area contributed by atoms with Crippen molar-refractivity contribution in [1.29, 1.82) is 0 Å². The summed E-state index contributed by atoms with van der Waals surface area (Å²) in [6.07, 6.45) is -8.43. The molecule has 2 fully saturated rings. The molecule has 0 radical (unpaired) electrons. The Kier molecular flexibility index (Phi) is 8.80. The monoisotopic (exact) mass is 774 g/mol. The topological polar surface area (TPSA) is 406 Å².